The molecule has 1 aliphatic heterocycles. The van der Waals surface area contributed by atoms with Crippen molar-refractivity contribution < 1.29 is 4.79 Å². The normalized spacial score (nSPS) is 15.1. The van der Waals surface area contributed by atoms with Gasteiger partial charge >= 0.3 is 0 Å². The maximum atomic E-state index is 12.6. The van der Waals surface area contributed by atoms with E-state index in [1.807, 2.05) is 36.5 Å². The lowest BCUT2D eigenvalue weighted by molar-refractivity contribution is -0.130. The van der Waals surface area contributed by atoms with E-state index in [9.17, 15) is 4.79 Å². The molecule has 1 saturated heterocycles. The van der Waals surface area contributed by atoms with E-state index in [-0.39, 0.29) is 5.91 Å². The van der Waals surface area contributed by atoms with Crippen LogP contribution in [0.2, 0.25) is 0 Å². The molecule has 1 amide bonds. The number of aryl methyl sites for hydroxylation is 2. The zero-order valence-electron chi connectivity index (χ0n) is 14.1. The van der Waals surface area contributed by atoms with Gasteiger partial charge in [0.2, 0.25) is 5.91 Å². The van der Waals surface area contributed by atoms with Gasteiger partial charge in [0.25, 0.3) is 0 Å². The Balaban J connectivity index is 1.60. The SMILES string of the molecule is Cc1nn(C)c(C)c1CC(=O)N1CCN(c2ccccc2)CC1. The van der Waals surface area contributed by atoms with Crippen LogP contribution < -0.4 is 4.90 Å². The Labute approximate surface area is 137 Å². The van der Waals surface area contributed by atoms with Gasteiger partial charge < -0.3 is 9.80 Å². The van der Waals surface area contributed by atoms with Crippen molar-refractivity contribution in [2.45, 2.75) is 20.3 Å². The van der Waals surface area contributed by atoms with Gasteiger partial charge in [-0.25, -0.2) is 0 Å². The largest absolute Gasteiger partial charge is 0.368 e. The van der Waals surface area contributed by atoms with E-state index in [4.69, 9.17) is 0 Å². The summed E-state index contributed by atoms with van der Waals surface area (Å²) in [5.74, 6) is 0.205. The molecule has 122 valence electrons. The molecule has 5 heteroatoms. The van der Waals surface area contributed by atoms with Gasteiger partial charge in [-0.15, -0.1) is 0 Å². The number of amides is 1. The van der Waals surface area contributed by atoms with E-state index in [0.29, 0.717) is 6.42 Å². The molecule has 3 rings (SSSR count). The fourth-order valence-corrected chi connectivity index (χ4v) is 3.19. The van der Waals surface area contributed by atoms with Crippen molar-refractivity contribution in [1.82, 2.24) is 14.7 Å². The number of carbonyl (C=O) groups excluding carboxylic acids is 1. The van der Waals surface area contributed by atoms with Gasteiger partial charge in [0, 0.05) is 50.2 Å². The second kappa shape index (κ2) is 6.44. The second-order valence-corrected chi connectivity index (χ2v) is 6.15. The van der Waals surface area contributed by atoms with Crippen molar-refractivity contribution in [3.05, 3.63) is 47.3 Å². The summed E-state index contributed by atoms with van der Waals surface area (Å²) in [6, 6.07) is 10.4. The molecule has 0 bridgehead atoms. The van der Waals surface area contributed by atoms with E-state index in [2.05, 4.69) is 34.3 Å². The quantitative estimate of drug-likeness (QED) is 0.869. The van der Waals surface area contributed by atoms with Gasteiger partial charge in [-0.2, -0.15) is 5.10 Å². The van der Waals surface area contributed by atoms with Crippen molar-refractivity contribution in [1.29, 1.82) is 0 Å². The Hall–Kier alpha value is -2.30. The molecule has 0 radical (unpaired) electrons. The molecular formula is C18H24N4O. The summed E-state index contributed by atoms with van der Waals surface area (Å²) in [5, 5.41) is 4.40. The van der Waals surface area contributed by atoms with E-state index in [1.54, 1.807) is 0 Å². The minimum atomic E-state index is 0.205. The average Bonchev–Trinajstić information content (AvgIpc) is 2.82. The molecule has 1 fully saturated rings. The third kappa shape index (κ3) is 3.23. The molecule has 0 unspecified atom stereocenters. The molecule has 1 aromatic heterocycles. The highest BCUT2D eigenvalue weighted by molar-refractivity contribution is 5.79. The number of para-hydroxylation sites is 1. The van der Waals surface area contributed by atoms with Crippen molar-refractivity contribution in [3.63, 3.8) is 0 Å². The molecule has 2 aromatic rings. The van der Waals surface area contributed by atoms with Crippen LogP contribution in [0.5, 0.6) is 0 Å². The Morgan fingerprint density at radius 1 is 1.09 bits per heavy atom. The van der Waals surface area contributed by atoms with E-state index >= 15 is 0 Å². The van der Waals surface area contributed by atoms with Crippen LogP contribution in [-0.4, -0.2) is 46.8 Å². The summed E-state index contributed by atoms with van der Waals surface area (Å²) in [7, 11) is 1.93. The number of nitrogens with zero attached hydrogens (tertiary/aromatic N) is 4. The Bertz CT molecular complexity index is 685. The first kappa shape index (κ1) is 15.6. The topological polar surface area (TPSA) is 41.4 Å². The summed E-state index contributed by atoms with van der Waals surface area (Å²) in [5.41, 5.74) is 4.35. The summed E-state index contributed by atoms with van der Waals surface area (Å²) < 4.78 is 1.85. The molecule has 5 nitrogen and oxygen atoms in total. The van der Waals surface area contributed by atoms with E-state index in [1.165, 1.54) is 5.69 Å². The van der Waals surface area contributed by atoms with Gasteiger partial charge in [-0.3, -0.25) is 9.48 Å². The van der Waals surface area contributed by atoms with Crippen LogP contribution in [-0.2, 0) is 18.3 Å². The first-order chi connectivity index (χ1) is 11.1. The van der Waals surface area contributed by atoms with Gasteiger partial charge in [0.15, 0.2) is 0 Å². The Kier molecular flexibility index (Phi) is 4.37. The summed E-state index contributed by atoms with van der Waals surface area (Å²) in [6.45, 7) is 7.35. The number of hydrogen-bond acceptors (Lipinski definition) is 3. The van der Waals surface area contributed by atoms with Crippen molar-refractivity contribution >= 4 is 11.6 Å². The molecule has 1 aromatic carbocycles. The van der Waals surface area contributed by atoms with Crippen LogP contribution in [0.1, 0.15) is 17.0 Å². The van der Waals surface area contributed by atoms with Crippen LogP contribution in [0.4, 0.5) is 5.69 Å². The van der Waals surface area contributed by atoms with Crippen molar-refractivity contribution in [2.24, 2.45) is 7.05 Å². The maximum Gasteiger partial charge on any atom is 0.227 e. The number of hydrogen-bond donors (Lipinski definition) is 0. The predicted molar refractivity (Wildman–Crippen MR) is 91.6 cm³/mol. The fraction of sp³-hybridized carbons (Fsp3) is 0.444. The molecular weight excluding hydrogens is 288 g/mol. The predicted octanol–water partition coefficient (Wildman–Crippen LogP) is 1.93. The number of rotatable bonds is 3. The maximum absolute atomic E-state index is 12.6. The standard InChI is InChI=1S/C18H24N4O/c1-14-17(15(2)20(3)19-14)13-18(23)22-11-9-21(10-12-22)16-7-5-4-6-8-16/h4-8H,9-13H2,1-3H3. The fourth-order valence-electron chi connectivity index (χ4n) is 3.19. The molecule has 0 spiro atoms. The monoisotopic (exact) mass is 312 g/mol. The lowest BCUT2D eigenvalue weighted by Gasteiger charge is -2.36. The molecule has 0 N–H and O–H groups in total. The van der Waals surface area contributed by atoms with E-state index < -0.39 is 0 Å². The Morgan fingerprint density at radius 3 is 2.30 bits per heavy atom. The molecule has 0 atom stereocenters. The summed E-state index contributed by atoms with van der Waals surface area (Å²) in [6.07, 6.45) is 0.455. The molecule has 23 heavy (non-hydrogen) atoms. The van der Waals surface area contributed by atoms with Gasteiger partial charge in [0.1, 0.15) is 0 Å². The van der Waals surface area contributed by atoms with Crippen LogP contribution in [0.15, 0.2) is 30.3 Å². The highest BCUT2D eigenvalue weighted by Gasteiger charge is 2.23. The van der Waals surface area contributed by atoms with E-state index in [0.717, 1.165) is 43.1 Å². The number of piperazine rings is 1. The van der Waals surface area contributed by atoms with Crippen molar-refractivity contribution in [2.75, 3.05) is 31.1 Å². The number of benzene rings is 1. The third-order valence-electron chi connectivity index (χ3n) is 4.74. The summed E-state index contributed by atoms with van der Waals surface area (Å²) in [4.78, 5) is 16.9. The highest BCUT2D eigenvalue weighted by atomic mass is 16.2. The molecule has 0 saturated carbocycles. The number of carbonyl (C=O) groups is 1. The zero-order chi connectivity index (χ0) is 16.4. The van der Waals surface area contributed by atoms with Crippen LogP contribution in [0.25, 0.3) is 0 Å². The smallest absolute Gasteiger partial charge is 0.227 e. The summed E-state index contributed by atoms with van der Waals surface area (Å²) >= 11 is 0. The first-order valence-electron chi connectivity index (χ1n) is 8.13. The molecule has 1 aliphatic rings. The average molecular weight is 312 g/mol. The molecule has 2 heterocycles. The number of anilines is 1. The van der Waals surface area contributed by atoms with Gasteiger partial charge in [0.05, 0.1) is 12.1 Å². The van der Waals surface area contributed by atoms with Crippen LogP contribution in [0.3, 0.4) is 0 Å². The second-order valence-electron chi connectivity index (χ2n) is 6.15. The van der Waals surface area contributed by atoms with Crippen LogP contribution >= 0.6 is 0 Å². The lowest BCUT2D eigenvalue weighted by atomic mass is 10.1. The first-order valence-corrected chi connectivity index (χ1v) is 8.13. The number of aromatic nitrogens is 2. The Morgan fingerprint density at radius 2 is 1.74 bits per heavy atom. The minimum absolute atomic E-state index is 0.205. The molecule has 0 aliphatic carbocycles. The zero-order valence-corrected chi connectivity index (χ0v) is 14.1. The third-order valence-corrected chi connectivity index (χ3v) is 4.74. The van der Waals surface area contributed by atoms with Gasteiger partial charge in [-0.05, 0) is 26.0 Å². The van der Waals surface area contributed by atoms with Gasteiger partial charge in [-0.1, -0.05) is 18.2 Å². The van der Waals surface area contributed by atoms with Crippen molar-refractivity contribution in [3.8, 4) is 0 Å². The van der Waals surface area contributed by atoms with Crippen LogP contribution in [0, 0.1) is 13.8 Å². The lowest BCUT2D eigenvalue weighted by Crippen LogP contribution is -2.49. The minimum Gasteiger partial charge on any atom is -0.368 e. The highest BCUT2D eigenvalue weighted by Crippen LogP contribution is 2.17.